The van der Waals surface area contributed by atoms with Gasteiger partial charge in [-0.2, -0.15) is 0 Å². The summed E-state index contributed by atoms with van der Waals surface area (Å²) in [6.07, 6.45) is 8.93. The van der Waals surface area contributed by atoms with Crippen molar-refractivity contribution >= 4 is 17.2 Å². The van der Waals surface area contributed by atoms with Crippen molar-refractivity contribution in [1.82, 2.24) is 9.88 Å². The molecule has 2 aromatic rings. The van der Waals surface area contributed by atoms with Gasteiger partial charge in [0.25, 0.3) is 0 Å². The third-order valence-electron chi connectivity index (χ3n) is 3.96. The Balaban J connectivity index is 1.75. The van der Waals surface area contributed by atoms with Crippen LogP contribution in [0.2, 0.25) is 0 Å². The summed E-state index contributed by atoms with van der Waals surface area (Å²) in [5.41, 5.74) is 1.17. The molecule has 114 valence electrons. The molecule has 0 radical (unpaired) electrons. The van der Waals surface area contributed by atoms with Crippen LogP contribution in [0.4, 0.5) is 0 Å². The molecular weight excluding hydrogens is 292 g/mol. The second kappa shape index (κ2) is 7.36. The quantitative estimate of drug-likeness (QED) is 0.781. The highest BCUT2D eigenvalue weighted by atomic mass is 32.1. The highest BCUT2D eigenvalue weighted by molar-refractivity contribution is 7.09. The van der Waals surface area contributed by atoms with E-state index in [4.69, 9.17) is 0 Å². The number of aromatic nitrogens is 1. The zero-order valence-electron chi connectivity index (χ0n) is 12.5. The normalized spacial score (nSPS) is 17.4. The Morgan fingerprint density at radius 1 is 1.23 bits per heavy atom. The maximum Gasteiger partial charge on any atom is 0.226 e. The molecule has 1 aliphatic rings. The number of hydrogen-bond acceptors (Lipinski definition) is 3. The molecule has 0 fully saturated rings. The first-order valence-corrected chi connectivity index (χ1v) is 8.57. The van der Waals surface area contributed by atoms with Gasteiger partial charge in [-0.25, -0.2) is 4.98 Å². The van der Waals surface area contributed by atoms with E-state index in [-0.39, 0.29) is 11.8 Å². The highest BCUT2D eigenvalue weighted by Crippen LogP contribution is 2.23. The van der Waals surface area contributed by atoms with Crippen LogP contribution in [0, 0.1) is 5.92 Å². The molecule has 3 nitrogen and oxygen atoms in total. The lowest BCUT2D eigenvalue weighted by Crippen LogP contribution is -2.35. The molecule has 0 N–H and O–H groups in total. The van der Waals surface area contributed by atoms with Gasteiger partial charge in [-0.05, 0) is 24.8 Å². The van der Waals surface area contributed by atoms with Gasteiger partial charge >= 0.3 is 0 Å². The predicted molar refractivity (Wildman–Crippen MR) is 89.3 cm³/mol. The molecule has 3 rings (SSSR count). The fourth-order valence-corrected chi connectivity index (χ4v) is 3.42. The van der Waals surface area contributed by atoms with Gasteiger partial charge in [0.1, 0.15) is 5.01 Å². The zero-order valence-corrected chi connectivity index (χ0v) is 13.3. The average molecular weight is 312 g/mol. The molecule has 0 bridgehead atoms. The Hall–Kier alpha value is -1.94. The van der Waals surface area contributed by atoms with Gasteiger partial charge in [0.15, 0.2) is 0 Å². The predicted octanol–water partition coefficient (Wildman–Crippen LogP) is 4.03. The van der Waals surface area contributed by atoms with Crippen molar-refractivity contribution in [3.05, 3.63) is 64.6 Å². The summed E-state index contributed by atoms with van der Waals surface area (Å²) in [5.74, 6) is 0.372. The van der Waals surface area contributed by atoms with Crippen LogP contribution in [0.25, 0.3) is 0 Å². The number of rotatable bonds is 5. The Kier molecular flexibility index (Phi) is 5.01. The Labute approximate surface area is 135 Å². The van der Waals surface area contributed by atoms with Crippen molar-refractivity contribution in [2.24, 2.45) is 5.92 Å². The summed E-state index contributed by atoms with van der Waals surface area (Å²) in [5, 5.41) is 2.96. The summed E-state index contributed by atoms with van der Waals surface area (Å²) in [6.45, 7) is 1.26. The number of nitrogens with zero attached hydrogens (tertiary/aromatic N) is 2. The molecule has 22 heavy (non-hydrogen) atoms. The Bertz CT molecular complexity index is 622. The third-order valence-corrected chi connectivity index (χ3v) is 4.72. The van der Waals surface area contributed by atoms with Gasteiger partial charge in [-0.1, -0.05) is 42.5 Å². The standard InChI is InChI=1S/C18H20N2OS/c21-18(16-9-5-2-6-10-16)20(14-17-19-11-12-22-17)13-15-7-3-1-4-8-15/h1-5,7-8,11-12,16H,6,9-10,13-14H2/t16-/m0/s1. The van der Waals surface area contributed by atoms with E-state index in [1.165, 1.54) is 5.56 Å². The molecule has 1 aromatic carbocycles. The first-order valence-electron chi connectivity index (χ1n) is 7.69. The molecule has 1 heterocycles. The van der Waals surface area contributed by atoms with Gasteiger partial charge in [-0.15, -0.1) is 11.3 Å². The summed E-state index contributed by atoms with van der Waals surface area (Å²) >= 11 is 1.61. The number of carbonyl (C=O) groups excluding carboxylic acids is 1. The van der Waals surface area contributed by atoms with Crippen molar-refractivity contribution in [2.45, 2.75) is 32.4 Å². The number of benzene rings is 1. The summed E-state index contributed by atoms with van der Waals surface area (Å²) in [4.78, 5) is 19.2. The van der Waals surface area contributed by atoms with Gasteiger partial charge in [0.05, 0.1) is 6.54 Å². The third kappa shape index (κ3) is 3.83. The number of amides is 1. The van der Waals surface area contributed by atoms with E-state index in [0.717, 1.165) is 24.3 Å². The molecular formula is C18H20N2OS. The molecule has 0 saturated carbocycles. The molecule has 4 heteroatoms. The van der Waals surface area contributed by atoms with Crippen molar-refractivity contribution in [3.8, 4) is 0 Å². The lowest BCUT2D eigenvalue weighted by atomic mass is 9.93. The van der Waals surface area contributed by atoms with E-state index in [9.17, 15) is 4.79 Å². The number of allylic oxidation sites excluding steroid dienone is 2. The van der Waals surface area contributed by atoms with E-state index < -0.39 is 0 Å². The van der Waals surface area contributed by atoms with Crippen molar-refractivity contribution in [1.29, 1.82) is 0 Å². The first-order chi connectivity index (χ1) is 10.8. The van der Waals surface area contributed by atoms with Gasteiger partial charge in [0, 0.05) is 24.0 Å². The first kappa shape index (κ1) is 15.0. The molecule has 1 aromatic heterocycles. The van der Waals surface area contributed by atoms with Crippen LogP contribution in [0.5, 0.6) is 0 Å². The van der Waals surface area contributed by atoms with Crippen molar-refractivity contribution in [3.63, 3.8) is 0 Å². The molecule has 0 spiro atoms. The molecule has 0 unspecified atom stereocenters. The minimum Gasteiger partial charge on any atom is -0.331 e. The minimum atomic E-state index is 0.119. The molecule has 1 atom stereocenters. The SMILES string of the molecule is O=C([C@H]1CC=CCC1)N(Cc1ccccc1)Cc1nccs1. The van der Waals surface area contributed by atoms with Crippen LogP contribution in [0.1, 0.15) is 29.8 Å². The van der Waals surface area contributed by atoms with Crippen LogP contribution >= 0.6 is 11.3 Å². The maximum absolute atomic E-state index is 12.9. The summed E-state index contributed by atoms with van der Waals surface area (Å²) < 4.78 is 0. The van der Waals surface area contributed by atoms with Crippen LogP contribution in [-0.4, -0.2) is 15.8 Å². The fraction of sp³-hybridized carbons (Fsp3) is 0.333. The van der Waals surface area contributed by atoms with Gasteiger partial charge in [0.2, 0.25) is 5.91 Å². The Morgan fingerprint density at radius 3 is 2.77 bits per heavy atom. The van der Waals surface area contributed by atoms with Crippen LogP contribution in [0.15, 0.2) is 54.1 Å². The van der Waals surface area contributed by atoms with Gasteiger partial charge in [-0.3, -0.25) is 4.79 Å². The highest BCUT2D eigenvalue weighted by Gasteiger charge is 2.25. The molecule has 1 aliphatic carbocycles. The van der Waals surface area contributed by atoms with Crippen LogP contribution in [0.3, 0.4) is 0 Å². The fourth-order valence-electron chi connectivity index (χ4n) is 2.79. The smallest absolute Gasteiger partial charge is 0.226 e. The van der Waals surface area contributed by atoms with E-state index in [1.54, 1.807) is 17.5 Å². The van der Waals surface area contributed by atoms with Crippen molar-refractivity contribution < 1.29 is 4.79 Å². The molecule has 0 saturated heterocycles. The van der Waals surface area contributed by atoms with Gasteiger partial charge < -0.3 is 4.90 Å². The largest absolute Gasteiger partial charge is 0.331 e. The summed E-state index contributed by atoms with van der Waals surface area (Å²) in [6, 6.07) is 10.2. The monoisotopic (exact) mass is 312 g/mol. The molecule has 1 amide bonds. The maximum atomic E-state index is 12.9. The topological polar surface area (TPSA) is 33.2 Å². The molecule has 0 aliphatic heterocycles. The Morgan fingerprint density at radius 2 is 2.09 bits per heavy atom. The second-order valence-electron chi connectivity index (χ2n) is 5.59. The average Bonchev–Trinajstić information content (AvgIpc) is 3.08. The van der Waals surface area contributed by atoms with E-state index >= 15 is 0 Å². The van der Waals surface area contributed by atoms with Crippen LogP contribution < -0.4 is 0 Å². The zero-order chi connectivity index (χ0) is 15.2. The van der Waals surface area contributed by atoms with E-state index in [2.05, 4.69) is 29.3 Å². The number of thiazole rings is 1. The summed E-state index contributed by atoms with van der Waals surface area (Å²) in [7, 11) is 0. The minimum absolute atomic E-state index is 0.119. The lowest BCUT2D eigenvalue weighted by Gasteiger charge is -2.27. The lowest BCUT2D eigenvalue weighted by molar-refractivity contribution is -0.137. The number of hydrogen-bond donors (Lipinski definition) is 0. The van der Waals surface area contributed by atoms with E-state index in [0.29, 0.717) is 13.1 Å². The van der Waals surface area contributed by atoms with Crippen LogP contribution in [-0.2, 0) is 17.9 Å². The second-order valence-corrected chi connectivity index (χ2v) is 6.57. The van der Waals surface area contributed by atoms with Crippen molar-refractivity contribution in [2.75, 3.05) is 0 Å². The number of carbonyl (C=O) groups is 1. The van der Waals surface area contributed by atoms with E-state index in [1.807, 2.05) is 28.5 Å².